The van der Waals surface area contributed by atoms with Gasteiger partial charge in [0.25, 0.3) is 5.56 Å². The second kappa shape index (κ2) is 5.60. The van der Waals surface area contributed by atoms with E-state index >= 15 is 0 Å². The second-order valence-electron chi connectivity index (χ2n) is 5.25. The van der Waals surface area contributed by atoms with E-state index in [-0.39, 0.29) is 11.7 Å². The van der Waals surface area contributed by atoms with Crippen LogP contribution >= 0.6 is 11.8 Å². The first-order valence-corrected chi connectivity index (χ1v) is 7.98. The lowest BCUT2D eigenvalue weighted by Gasteiger charge is -2.14. The van der Waals surface area contributed by atoms with E-state index in [2.05, 4.69) is 16.0 Å². The molecule has 5 heteroatoms. The summed E-state index contributed by atoms with van der Waals surface area (Å²) in [6, 6.07) is 8.07. The molecule has 1 fully saturated rings. The third-order valence-corrected chi connectivity index (χ3v) is 4.50. The molecule has 2 aromatic rings. The maximum absolute atomic E-state index is 12.2. The van der Waals surface area contributed by atoms with E-state index < -0.39 is 0 Å². The summed E-state index contributed by atoms with van der Waals surface area (Å²) in [5, 5.41) is 10.6. The Bertz CT molecular complexity index is 683. The van der Waals surface area contributed by atoms with Crippen LogP contribution < -0.4 is 5.56 Å². The van der Waals surface area contributed by atoms with Gasteiger partial charge < -0.3 is 10.1 Å². The first-order valence-electron chi connectivity index (χ1n) is 6.76. The van der Waals surface area contributed by atoms with Crippen molar-refractivity contribution in [3.05, 3.63) is 40.2 Å². The van der Waals surface area contributed by atoms with Gasteiger partial charge in [0.15, 0.2) is 0 Å². The zero-order chi connectivity index (χ0) is 14.1. The fourth-order valence-corrected chi connectivity index (χ4v) is 3.11. The third-order valence-electron chi connectivity index (χ3n) is 3.77. The fraction of sp³-hybridized carbons (Fsp3) is 0.400. The monoisotopic (exact) mass is 290 g/mol. The number of benzene rings is 1. The van der Waals surface area contributed by atoms with Crippen LogP contribution in [0.2, 0.25) is 0 Å². The molecule has 20 heavy (non-hydrogen) atoms. The highest BCUT2D eigenvalue weighted by Gasteiger charge is 2.20. The SMILES string of the molecule is CSc1ccc2cc(CN3CC[C@H](O)C3)c(=O)[nH]c2c1. The van der Waals surface area contributed by atoms with Gasteiger partial charge in [-0.2, -0.15) is 0 Å². The largest absolute Gasteiger partial charge is 0.392 e. The van der Waals surface area contributed by atoms with Crippen molar-refractivity contribution in [3.8, 4) is 0 Å². The Labute approximate surface area is 121 Å². The molecular formula is C15H18N2O2S. The Kier molecular flexibility index (Phi) is 3.83. The Morgan fingerprint density at radius 2 is 2.30 bits per heavy atom. The number of aliphatic hydroxyl groups excluding tert-OH is 1. The molecule has 0 amide bonds. The number of aromatic nitrogens is 1. The summed E-state index contributed by atoms with van der Waals surface area (Å²) in [5.74, 6) is 0. The van der Waals surface area contributed by atoms with Crippen LogP contribution in [-0.4, -0.2) is 40.4 Å². The number of hydrogen-bond acceptors (Lipinski definition) is 4. The number of likely N-dealkylation sites (tertiary alicyclic amines) is 1. The molecule has 0 aliphatic carbocycles. The molecule has 1 aliphatic heterocycles. The van der Waals surface area contributed by atoms with Gasteiger partial charge in [0.1, 0.15) is 0 Å². The van der Waals surface area contributed by atoms with Gasteiger partial charge in [0, 0.05) is 35.6 Å². The van der Waals surface area contributed by atoms with Crippen LogP contribution in [0.1, 0.15) is 12.0 Å². The zero-order valence-electron chi connectivity index (χ0n) is 11.4. The Morgan fingerprint density at radius 1 is 1.45 bits per heavy atom. The number of aliphatic hydroxyl groups is 1. The van der Waals surface area contributed by atoms with E-state index in [1.165, 1.54) is 0 Å². The molecule has 1 atom stereocenters. The van der Waals surface area contributed by atoms with Crippen molar-refractivity contribution < 1.29 is 5.11 Å². The molecule has 2 heterocycles. The van der Waals surface area contributed by atoms with Crippen LogP contribution in [0.3, 0.4) is 0 Å². The molecule has 0 radical (unpaired) electrons. The lowest BCUT2D eigenvalue weighted by Crippen LogP contribution is -2.25. The van der Waals surface area contributed by atoms with Gasteiger partial charge in [-0.05, 0) is 36.3 Å². The van der Waals surface area contributed by atoms with Crippen molar-refractivity contribution in [2.75, 3.05) is 19.3 Å². The van der Waals surface area contributed by atoms with Gasteiger partial charge in [0.2, 0.25) is 0 Å². The molecule has 1 aromatic carbocycles. The lowest BCUT2D eigenvalue weighted by atomic mass is 10.1. The van der Waals surface area contributed by atoms with Gasteiger partial charge in [-0.25, -0.2) is 0 Å². The van der Waals surface area contributed by atoms with E-state index in [0.29, 0.717) is 13.1 Å². The maximum Gasteiger partial charge on any atom is 0.252 e. The molecule has 0 bridgehead atoms. The van der Waals surface area contributed by atoms with Crippen LogP contribution in [0.4, 0.5) is 0 Å². The number of H-pyrrole nitrogens is 1. The predicted octanol–water partition coefficient (Wildman–Crippen LogP) is 1.82. The number of hydrogen-bond donors (Lipinski definition) is 2. The molecule has 1 aromatic heterocycles. The van der Waals surface area contributed by atoms with E-state index in [1.807, 2.05) is 24.5 Å². The van der Waals surface area contributed by atoms with Gasteiger partial charge >= 0.3 is 0 Å². The summed E-state index contributed by atoms with van der Waals surface area (Å²) < 4.78 is 0. The normalized spacial score (nSPS) is 19.8. The Balaban J connectivity index is 1.92. The minimum Gasteiger partial charge on any atom is -0.392 e. The topological polar surface area (TPSA) is 56.3 Å². The summed E-state index contributed by atoms with van der Waals surface area (Å²) >= 11 is 1.66. The fourth-order valence-electron chi connectivity index (χ4n) is 2.67. The number of pyridine rings is 1. The number of β-amino-alcohol motifs (C(OH)–C–C–N with tert-alkyl or cyclic N) is 1. The Hall–Kier alpha value is -1.30. The molecule has 0 saturated carbocycles. The van der Waals surface area contributed by atoms with Crippen LogP contribution in [0, 0.1) is 0 Å². The zero-order valence-corrected chi connectivity index (χ0v) is 12.2. The first kappa shape index (κ1) is 13.7. The molecule has 1 saturated heterocycles. The average Bonchev–Trinajstić information content (AvgIpc) is 2.84. The summed E-state index contributed by atoms with van der Waals surface area (Å²) in [6.07, 6.45) is 2.56. The highest BCUT2D eigenvalue weighted by Crippen LogP contribution is 2.21. The smallest absolute Gasteiger partial charge is 0.252 e. The van der Waals surface area contributed by atoms with Crippen LogP contribution in [-0.2, 0) is 6.54 Å². The third kappa shape index (κ3) is 2.75. The van der Waals surface area contributed by atoms with Gasteiger partial charge in [0.05, 0.1) is 6.10 Å². The van der Waals surface area contributed by atoms with Crippen molar-refractivity contribution in [1.29, 1.82) is 0 Å². The van der Waals surface area contributed by atoms with Gasteiger partial charge in [-0.15, -0.1) is 11.8 Å². The molecule has 0 unspecified atom stereocenters. The Morgan fingerprint density at radius 3 is 3.00 bits per heavy atom. The second-order valence-corrected chi connectivity index (χ2v) is 6.13. The predicted molar refractivity (Wildman–Crippen MR) is 82.3 cm³/mol. The summed E-state index contributed by atoms with van der Waals surface area (Å²) in [6.45, 7) is 2.11. The minimum atomic E-state index is -0.251. The van der Waals surface area contributed by atoms with Crippen LogP contribution in [0.5, 0.6) is 0 Å². The van der Waals surface area contributed by atoms with Gasteiger partial charge in [-0.1, -0.05) is 6.07 Å². The molecule has 106 valence electrons. The molecule has 4 nitrogen and oxygen atoms in total. The maximum atomic E-state index is 12.2. The summed E-state index contributed by atoms with van der Waals surface area (Å²) in [4.78, 5) is 18.4. The van der Waals surface area contributed by atoms with E-state index in [1.54, 1.807) is 11.8 Å². The standard InChI is InChI=1S/C15H18N2O2S/c1-20-13-3-2-10-6-11(15(19)16-14(10)7-13)8-17-5-4-12(18)9-17/h2-3,6-7,12,18H,4-5,8-9H2,1H3,(H,16,19)/t12-/m0/s1. The number of rotatable bonds is 3. The van der Waals surface area contributed by atoms with E-state index in [4.69, 9.17) is 0 Å². The quantitative estimate of drug-likeness (QED) is 0.847. The molecular weight excluding hydrogens is 272 g/mol. The van der Waals surface area contributed by atoms with E-state index in [0.717, 1.165) is 34.3 Å². The van der Waals surface area contributed by atoms with Crippen LogP contribution in [0.15, 0.2) is 34.0 Å². The number of aromatic amines is 1. The van der Waals surface area contributed by atoms with Crippen molar-refractivity contribution in [2.45, 2.75) is 24.0 Å². The number of fused-ring (bicyclic) bond motifs is 1. The number of nitrogens with zero attached hydrogens (tertiary/aromatic N) is 1. The molecule has 3 rings (SSSR count). The van der Waals surface area contributed by atoms with Crippen molar-refractivity contribution in [2.24, 2.45) is 0 Å². The van der Waals surface area contributed by atoms with Gasteiger partial charge in [-0.3, -0.25) is 9.69 Å². The average molecular weight is 290 g/mol. The molecule has 2 N–H and O–H groups in total. The first-order chi connectivity index (χ1) is 9.65. The molecule has 0 spiro atoms. The molecule has 1 aliphatic rings. The van der Waals surface area contributed by atoms with Crippen molar-refractivity contribution >= 4 is 22.7 Å². The summed E-state index contributed by atoms with van der Waals surface area (Å²) in [7, 11) is 0. The van der Waals surface area contributed by atoms with E-state index in [9.17, 15) is 9.90 Å². The van der Waals surface area contributed by atoms with Crippen molar-refractivity contribution in [3.63, 3.8) is 0 Å². The lowest BCUT2D eigenvalue weighted by molar-refractivity contribution is 0.174. The highest BCUT2D eigenvalue weighted by atomic mass is 32.2. The highest BCUT2D eigenvalue weighted by molar-refractivity contribution is 7.98. The number of nitrogens with one attached hydrogen (secondary N) is 1. The van der Waals surface area contributed by atoms with Crippen LogP contribution in [0.25, 0.3) is 10.9 Å². The minimum absolute atomic E-state index is 0.0304. The number of thioether (sulfide) groups is 1. The van der Waals surface area contributed by atoms with Crippen molar-refractivity contribution in [1.82, 2.24) is 9.88 Å². The summed E-state index contributed by atoms with van der Waals surface area (Å²) in [5.41, 5.74) is 1.62.